The summed E-state index contributed by atoms with van der Waals surface area (Å²) >= 11 is 5.93. The average molecular weight is 225 g/mol. The van der Waals surface area contributed by atoms with Gasteiger partial charge in [-0.25, -0.2) is 0 Å². The molecule has 0 spiro atoms. The molecule has 1 aromatic heterocycles. The van der Waals surface area contributed by atoms with E-state index in [2.05, 4.69) is 28.4 Å². The molecule has 1 aromatic rings. The fourth-order valence-corrected chi connectivity index (χ4v) is 2.01. The van der Waals surface area contributed by atoms with Crippen molar-refractivity contribution in [3.8, 4) is 0 Å². The van der Waals surface area contributed by atoms with Crippen molar-refractivity contribution in [2.75, 3.05) is 18.0 Å². The van der Waals surface area contributed by atoms with Gasteiger partial charge in [0.15, 0.2) is 11.0 Å². The zero-order valence-electron chi connectivity index (χ0n) is 9.13. The van der Waals surface area contributed by atoms with E-state index >= 15 is 0 Å². The van der Waals surface area contributed by atoms with Crippen molar-refractivity contribution in [1.29, 1.82) is 0 Å². The maximum Gasteiger partial charge on any atom is 0.155 e. The summed E-state index contributed by atoms with van der Waals surface area (Å²) in [5.74, 6) is 0.991. The van der Waals surface area contributed by atoms with Gasteiger partial charge in [-0.15, -0.1) is 10.2 Å². The van der Waals surface area contributed by atoms with Crippen LogP contribution in [-0.2, 0) is 0 Å². The van der Waals surface area contributed by atoms with E-state index in [-0.39, 0.29) is 0 Å². The second-order valence-corrected chi connectivity index (χ2v) is 4.28. The molecule has 15 heavy (non-hydrogen) atoms. The number of hydrogen-bond donors (Lipinski definition) is 0. The Morgan fingerprint density at radius 3 is 2.47 bits per heavy atom. The molecular weight excluding hydrogens is 210 g/mol. The van der Waals surface area contributed by atoms with Gasteiger partial charge in [-0.1, -0.05) is 11.6 Å². The third-order valence-corrected chi connectivity index (χ3v) is 3.30. The smallest absolute Gasteiger partial charge is 0.155 e. The molecular formula is C11H15ClN3. The first kappa shape index (κ1) is 10.7. The van der Waals surface area contributed by atoms with Gasteiger partial charge in [-0.3, -0.25) is 0 Å². The minimum Gasteiger partial charge on any atom is -0.355 e. The second kappa shape index (κ2) is 4.35. The van der Waals surface area contributed by atoms with E-state index < -0.39 is 0 Å². The molecule has 0 N–H and O–H groups in total. The maximum atomic E-state index is 5.93. The van der Waals surface area contributed by atoms with Crippen LogP contribution in [0.3, 0.4) is 0 Å². The summed E-state index contributed by atoms with van der Waals surface area (Å²) < 4.78 is 0. The molecule has 0 aromatic carbocycles. The number of hydrogen-bond acceptors (Lipinski definition) is 3. The van der Waals surface area contributed by atoms with Crippen LogP contribution in [0.2, 0.25) is 5.15 Å². The molecule has 0 saturated carbocycles. The number of nitrogens with zero attached hydrogens (tertiary/aromatic N) is 3. The summed E-state index contributed by atoms with van der Waals surface area (Å²) in [6.07, 6.45) is 4.58. The lowest BCUT2D eigenvalue weighted by Gasteiger charge is -2.28. The Kier molecular flexibility index (Phi) is 3.10. The van der Waals surface area contributed by atoms with Crippen LogP contribution in [0.15, 0.2) is 0 Å². The number of aromatic nitrogens is 2. The van der Waals surface area contributed by atoms with Crippen LogP contribution in [0.1, 0.15) is 24.0 Å². The molecule has 1 saturated heterocycles. The summed E-state index contributed by atoms with van der Waals surface area (Å²) in [7, 11) is 0. The van der Waals surface area contributed by atoms with Crippen molar-refractivity contribution in [1.82, 2.24) is 10.2 Å². The lowest BCUT2D eigenvalue weighted by atomic mass is 10.1. The third kappa shape index (κ3) is 2.07. The molecule has 1 radical (unpaired) electrons. The van der Waals surface area contributed by atoms with Gasteiger partial charge in [0.1, 0.15) is 0 Å². The van der Waals surface area contributed by atoms with Gasteiger partial charge < -0.3 is 4.90 Å². The molecule has 4 heteroatoms. The first-order chi connectivity index (χ1) is 7.20. The number of anilines is 1. The molecule has 1 aliphatic heterocycles. The summed E-state index contributed by atoms with van der Waals surface area (Å²) in [5.41, 5.74) is 2.19. The van der Waals surface area contributed by atoms with E-state index in [1.807, 2.05) is 6.92 Å². The lowest BCUT2D eigenvalue weighted by molar-refractivity contribution is 0.663. The highest BCUT2D eigenvalue weighted by molar-refractivity contribution is 6.30. The standard InChI is InChI=1S/C11H15ClN3/c1-8-9(2)11(14-13-10(8)12)15-6-4-3-5-7-15/h3H,4-7H2,1-2H3. The van der Waals surface area contributed by atoms with E-state index in [9.17, 15) is 0 Å². The topological polar surface area (TPSA) is 29.0 Å². The minimum atomic E-state index is 0.514. The van der Waals surface area contributed by atoms with E-state index in [4.69, 9.17) is 11.6 Å². The van der Waals surface area contributed by atoms with Gasteiger partial charge in [-0.2, -0.15) is 0 Å². The van der Waals surface area contributed by atoms with Crippen LogP contribution in [0.4, 0.5) is 5.82 Å². The van der Waals surface area contributed by atoms with E-state index in [0.29, 0.717) is 5.15 Å². The van der Waals surface area contributed by atoms with Crippen LogP contribution in [0.5, 0.6) is 0 Å². The molecule has 81 valence electrons. The summed E-state index contributed by atoms with van der Waals surface area (Å²) in [5, 5.41) is 8.68. The van der Waals surface area contributed by atoms with Gasteiger partial charge in [0.25, 0.3) is 0 Å². The molecule has 1 aliphatic rings. The fourth-order valence-electron chi connectivity index (χ4n) is 1.83. The molecule has 0 bridgehead atoms. The van der Waals surface area contributed by atoms with Crippen molar-refractivity contribution >= 4 is 17.4 Å². The maximum absolute atomic E-state index is 5.93. The Bertz CT molecular complexity index is 359. The summed E-state index contributed by atoms with van der Waals surface area (Å²) in [4.78, 5) is 2.28. The third-order valence-electron chi connectivity index (χ3n) is 2.95. The molecule has 2 heterocycles. The molecule has 1 fully saturated rings. The number of halogens is 1. The Labute approximate surface area is 95.5 Å². The monoisotopic (exact) mass is 224 g/mol. The molecule has 2 rings (SSSR count). The molecule has 3 nitrogen and oxygen atoms in total. The zero-order valence-corrected chi connectivity index (χ0v) is 9.88. The van der Waals surface area contributed by atoms with Gasteiger partial charge in [0.2, 0.25) is 0 Å². The Morgan fingerprint density at radius 1 is 1.13 bits per heavy atom. The van der Waals surface area contributed by atoms with Crippen molar-refractivity contribution < 1.29 is 0 Å². The van der Waals surface area contributed by atoms with E-state index in [0.717, 1.165) is 42.9 Å². The lowest BCUT2D eigenvalue weighted by Crippen LogP contribution is -2.31. The van der Waals surface area contributed by atoms with Crippen molar-refractivity contribution in [2.24, 2.45) is 0 Å². The minimum absolute atomic E-state index is 0.514. The van der Waals surface area contributed by atoms with Gasteiger partial charge in [0.05, 0.1) is 0 Å². The SMILES string of the molecule is Cc1c(Cl)nnc(N2CC[CH]CC2)c1C. The molecule has 0 amide bonds. The highest BCUT2D eigenvalue weighted by atomic mass is 35.5. The van der Waals surface area contributed by atoms with Crippen LogP contribution in [0, 0.1) is 20.3 Å². The van der Waals surface area contributed by atoms with Crippen molar-refractivity contribution in [3.05, 3.63) is 22.7 Å². The normalized spacial score (nSPS) is 16.9. The second-order valence-electron chi connectivity index (χ2n) is 3.92. The van der Waals surface area contributed by atoms with E-state index in [1.54, 1.807) is 0 Å². The zero-order chi connectivity index (χ0) is 10.8. The first-order valence-electron chi connectivity index (χ1n) is 5.26. The summed E-state index contributed by atoms with van der Waals surface area (Å²) in [6, 6.07) is 0. The Hall–Kier alpha value is -0.830. The number of piperidine rings is 1. The fraction of sp³-hybridized carbons (Fsp3) is 0.545. The van der Waals surface area contributed by atoms with Crippen LogP contribution >= 0.6 is 11.6 Å². The predicted octanol–water partition coefficient (Wildman–Crippen LogP) is 2.55. The molecule has 0 atom stereocenters. The number of rotatable bonds is 1. The van der Waals surface area contributed by atoms with Gasteiger partial charge >= 0.3 is 0 Å². The quantitative estimate of drug-likeness (QED) is 0.734. The largest absolute Gasteiger partial charge is 0.355 e. The molecule has 0 aliphatic carbocycles. The summed E-state index contributed by atoms with van der Waals surface area (Å²) in [6.45, 7) is 6.13. The first-order valence-corrected chi connectivity index (χ1v) is 5.64. The Morgan fingerprint density at radius 2 is 1.80 bits per heavy atom. The average Bonchev–Trinajstić information content (AvgIpc) is 2.27. The van der Waals surface area contributed by atoms with Crippen LogP contribution in [0.25, 0.3) is 0 Å². The highest BCUT2D eigenvalue weighted by Crippen LogP contribution is 2.25. The van der Waals surface area contributed by atoms with E-state index in [1.165, 1.54) is 0 Å². The highest BCUT2D eigenvalue weighted by Gasteiger charge is 2.17. The molecule has 0 unspecified atom stereocenters. The van der Waals surface area contributed by atoms with Crippen molar-refractivity contribution in [2.45, 2.75) is 26.7 Å². The van der Waals surface area contributed by atoms with Crippen LogP contribution in [-0.4, -0.2) is 23.3 Å². The van der Waals surface area contributed by atoms with Crippen LogP contribution < -0.4 is 4.90 Å². The van der Waals surface area contributed by atoms with Gasteiger partial charge in [0, 0.05) is 13.1 Å². The Balaban J connectivity index is 2.31. The predicted molar refractivity (Wildman–Crippen MR) is 62.3 cm³/mol. The van der Waals surface area contributed by atoms with Gasteiger partial charge in [-0.05, 0) is 44.2 Å². The van der Waals surface area contributed by atoms with Crippen molar-refractivity contribution in [3.63, 3.8) is 0 Å².